The zero-order chi connectivity index (χ0) is 32.2. The summed E-state index contributed by atoms with van der Waals surface area (Å²) in [5.74, 6) is -5.51. The van der Waals surface area contributed by atoms with Gasteiger partial charge in [0.15, 0.2) is 0 Å². The Morgan fingerprint density at radius 3 is 1.81 bits per heavy atom. The molecular formula is C27H34F6N4O5. The molecule has 0 saturated carbocycles. The highest BCUT2D eigenvalue weighted by molar-refractivity contribution is 5.73. The second-order valence-electron chi connectivity index (χ2n) is 10.4. The fraction of sp³-hybridized carbons (Fsp3) is 0.556. The van der Waals surface area contributed by atoms with Crippen LogP contribution in [0.2, 0.25) is 0 Å². The molecule has 9 nitrogen and oxygen atoms in total. The standard InChI is InChI=1S/C23H32N4O.2C2HF3O2/c1-15-16(2)25-20(17(3)24-15)14-27-12-10-23(11-13-27)19-9-7-6-8-18(19)21(22(23)28)26(4)5;2*3-2(4,5)1(6)7/h6-9,21-22,28H,10-14H2,1-5H3;2*(H,6,7)/t21-,22+;;/m1../s1. The zero-order valence-electron chi connectivity index (χ0n) is 23.7. The summed E-state index contributed by atoms with van der Waals surface area (Å²) in [5.41, 5.74) is 6.65. The Kier molecular flexibility index (Phi) is 11.1. The summed E-state index contributed by atoms with van der Waals surface area (Å²) in [6, 6.07) is 8.72. The number of aliphatic hydroxyl groups is 1. The van der Waals surface area contributed by atoms with E-state index in [0.29, 0.717) is 0 Å². The van der Waals surface area contributed by atoms with Crippen molar-refractivity contribution >= 4 is 11.9 Å². The van der Waals surface area contributed by atoms with Crippen LogP contribution in [0.1, 0.15) is 52.8 Å². The fourth-order valence-corrected chi connectivity index (χ4v) is 5.20. The van der Waals surface area contributed by atoms with E-state index in [1.165, 1.54) is 11.1 Å². The lowest BCUT2D eigenvalue weighted by atomic mass is 9.72. The Bertz CT molecular complexity index is 1240. The third kappa shape index (κ3) is 8.16. The second kappa shape index (κ2) is 13.3. The Balaban J connectivity index is 0.000000367. The lowest BCUT2D eigenvalue weighted by Crippen LogP contribution is -2.49. The monoisotopic (exact) mass is 608 g/mol. The van der Waals surface area contributed by atoms with Crippen LogP contribution in [0.3, 0.4) is 0 Å². The van der Waals surface area contributed by atoms with Gasteiger partial charge in [-0.25, -0.2) is 9.59 Å². The maximum atomic E-state index is 11.4. The largest absolute Gasteiger partial charge is 0.490 e. The number of carboxylic acid groups (broad SMARTS) is 2. The summed E-state index contributed by atoms with van der Waals surface area (Å²) in [7, 11) is 4.14. The van der Waals surface area contributed by atoms with Crippen LogP contribution in [0.25, 0.3) is 0 Å². The van der Waals surface area contributed by atoms with Gasteiger partial charge in [-0.2, -0.15) is 26.3 Å². The van der Waals surface area contributed by atoms with Crippen molar-refractivity contribution in [2.45, 2.75) is 70.1 Å². The minimum Gasteiger partial charge on any atom is -0.475 e. The van der Waals surface area contributed by atoms with Crippen LogP contribution in [0, 0.1) is 20.8 Å². The van der Waals surface area contributed by atoms with E-state index >= 15 is 0 Å². The summed E-state index contributed by atoms with van der Waals surface area (Å²) < 4.78 is 63.5. The number of aromatic nitrogens is 2. The van der Waals surface area contributed by atoms with Gasteiger partial charge in [-0.15, -0.1) is 0 Å². The molecule has 3 N–H and O–H groups in total. The molecule has 1 fully saturated rings. The first-order chi connectivity index (χ1) is 19.2. The van der Waals surface area contributed by atoms with Gasteiger partial charge in [-0.05, 0) is 71.9 Å². The minimum absolute atomic E-state index is 0.0793. The number of benzene rings is 1. The molecule has 2 heterocycles. The number of hydrogen-bond acceptors (Lipinski definition) is 7. The van der Waals surface area contributed by atoms with Crippen LogP contribution in [0.5, 0.6) is 0 Å². The van der Waals surface area contributed by atoms with Gasteiger partial charge in [0.05, 0.1) is 34.9 Å². The van der Waals surface area contributed by atoms with E-state index in [1.807, 2.05) is 13.8 Å². The molecule has 234 valence electrons. The quantitative estimate of drug-likeness (QED) is 0.440. The van der Waals surface area contributed by atoms with Gasteiger partial charge in [-0.3, -0.25) is 14.9 Å². The number of carboxylic acids is 2. The van der Waals surface area contributed by atoms with Crippen molar-refractivity contribution in [1.29, 1.82) is 0 Å². The molecule has 1 aromatic heterocycles. The molecule has 1 saturated heterocycles. The van der Waals surface area contributed by atoms with E-state index in [0.717, 1.165) is 55.3 Å². The average molecular weight is 609 g/mol. The Labute approximate surface area is 238 Å². The molecule has 0 bridgehead atoms. The van der Waals surface area contributed by atoms with Gasteiger partial charge in [0, 0.05) is 12.0 Å². The normalized spacial score (nSPS) is 19.8. The Morgan fingerprint density at radius 1 is 0.905 bits per heavy atom. The maximum Gasteiger partial charge on any atom is 0.490 e. The molecule has 0 amide bonds. The number of hydrogen-bond donors (Lipinski definition) is 3. The number of alkyl halides is 6. The number of aryl methyl sites for hydroxylation is 3. The lowest BCUT2D eigenvalue weighted by molar-refractivity contribution is -0.193. The predicted molar refractivity (Wildman–Crippen MR) is 139 cm³/mol. The van der Waals surface area contributed by atoms with Gasteiger partial charge in [-0.1, -0.05) is 24.3 Å². The van der Waals surface area contributed by atoms with Crippen LogP contribution in [-0.4, -0.2) is 92.7 Å². The molecule has 1 aliphatic carbocycles. The van der Waals surface area contributed by atoms with Crippen LogP contribution >= 0.6 is 0 Å². The van der Waals surface area contributed by atoms with Crippen molar-refractivity contribution in [3.8, 4) is 0 Å². The number of carbonyl (C=O) groups is 2. The molecule has 42 heavy (non-hydrogen) atoms. The van der Waals surface area contributed by atoms with E-state index in [4.69, 9.17) is 24.8 Å². The zero-order valence-corrected chi connectivity index (χ0v) is 23.7. The van der Waals surface area contributed by atoms with Crippen molar-refractivity contribution in [1.82, 2.24) is 19.8 Å². The molecule has 4 rings (SSSR count). The van der Waals surface area contributed by atoms with E-state index in [2.05, 4.69) is 60.1 Å². The van der Waals surface area contributed by atoms with Gasteiger partial charge in [0.25, 0.3) is 0 Å². The molecule has 1 aliphatic heterocycles. The van der Waals surface area contributed by atoms with Crippen molar-refractivity contribution in [3.05, 3.63) is 58.2 Å². The van der Waals surface area contributed by atoms with Crippen LogP contribution < -0.4 is 0 Å². The molecule has 15 heteroatoms. The number of fused-ring (bicyclic) bond motifs is 2. The molecule has 0 unspecified atom stereocenters. The highest BCUT2D eigenvalue weighted by Crippen LogP contribution is 2.52. The summed E-state index contributed by atoms with van der Waals surface area (Å²) in [6.07, 6.45) is -8.56. The molecule has 1 spiro atoms. The lowest BCUT2D eigenvalue weighted by Gasteiger charge is -2.43. The molecule has 1 aromatic carbocycles. The number of nitrogens with zero attached hydrogens (tertiary/aromatic N) is 4. The topological polar surface area (TPSA) is 127 Å². The van der Waals surface area contributed by atoms with Gasteiger partial charge in [0.1, 0.15) is 0 Å². The summed E-state index contributed by atoms with van der Waals surface area (Å²) in [5, 5.41) is 25.6. The molecule has 0 radical (unpaired) electrons. The van der Waals surface area contributed by atoms with Crippen LogP contribution in [0.4, 0.5) is 26.3 Å². The Morgan fingerprint density at radius 2 is 1.36 bits per heavy atom. The smallest absolute Gasteiger partial charge is 0.475 e. The van der Waals surface area contributed by atoms with E-state index in [1.54, 1.807) is 0 Å². The molecule has 2 aliphatic rings. The van der Waals surface area contributed by atoms with Crippen molar-refractivity contribution in [2.75, 3.05) is 27.2 Å². The molecular weight excluding hydrogens is 574 g/mol. The second-order valence-corrected chi connectivity index (χ2v) is 10.4. The maximum absolute atomic E-state index is 11.4. The minimum atomic E-state index is -5.08. The third-order valence-corrected chi connectivity index (χ3v) is 7.42. The van der Waals surface area contributed by atoms with Crippen LogP contribution in [-0.2, 0) is 21.5 Å². The van der Waals surface area contributed by atoms with Crippen LogP contribution in [0.15, 0.2) is 24.3 Å². The number of aliphatic carboxylic acids is 2. The first kappa shape index (κ1) is 34.9. The summed E-state index contributed by atoms with van der Waals surface area (Å²) in [4.78, 5) is 31.9. The van der Waals surface area contributed by atoms with Crippen molar-refractivity contribution < 1.29 is 51.3 Å². The molecule has 2 aromatic rings. The average Bonchev–Trinajstić information content (AvgIpc) is 3.11. The van der Waals surface area contributed by atoms with Crippen molar-refractivity contribution in [2.24, 2.45) is 0 Å². The Hall–Kier alpha value is -3.30. The summed E-state index contributed by atoms with van der Waals surface area (Å²) >= 11 is 0. The van der Waals surface area contributed by atoms with Gasteiger partial charge in [0.2, 0.25) is 0 Å². The first-order valence-electron chi connectivity index (χ1n) is 12.8. The highest BCUT2D eigenvalue weighted by Gasteiger charge is 2.53. The number of likely N-dealkylation sites (tertiary alicyclic amines) is 1. The van der Waals surface area contributed by atoms with Crippen molar-refractivity contribution in [3.63, 3.8) is 0 Å². The number of halogens is 6. The van der Waals surface area contributed by atoms with E-state index < -0.39 is 24.3 Å². The summed E-state index contributed by atoms with van der Waals surface area (Å²) in [6.45, 7) is 8.89. The number of rotatable bonds is 3. The van der Waals surface area contributed by atoms with E-state index in [-0.39, 0.29) is 17.6 Å². The number of aliphatic hydroxyl groups excluding tert-OH is 1. The van der Waals surface area contributed by atoms with Gasteiger partial charge >= 0.3 is 24.3 Å². The van der Waals surface area contributed by atoms with Gasteiger partial charge < -0.3 is 20.2 Å². The number of piperidine rings is 1. The van der Waals surface area contributed by atoms with E-state index in [9.17, 15) is 31.4 Å². The number of likely N-dealkylation sites (N-methyl/N-ethyl adjacent to an activating group) is 1. The SMILES string of the molecule is Cc1nc(C)c(CN2CCC3(CC2)c2ccccc2[C@@H](N(C)C)[C@@H]3O)nc1C.O=C(O)C(F)(F)F.O=C(O)C(F)(F)F. The first-order valence-corrected chi connectivity index (χ1v) is 12.8. The highest BCUT2D eigenvalue weighted by atomic mass is 19.4. The fourth-order valence-electron chi connectivity index (χ4n) is 5.20. The third-order valence-electron chi connectivity index (χ3n) is 7.42. The molecule has 2 atom stereocenters. The predicted octanol–water partition coefficient (Wildman–Crippen LogP) is 4.18.